The minimum absolute atomic E-state index is 0.189. The van der Waals surface area contributed by atoms with Gasteiger partial charge in [0.2, 0.25) is 5.91 Å². The average molecular weight is 346 g/mol. The lowest BCUT2D eigenvalue weighted by atomic mass is 9.87. The van der Waals surface area contributed by atoms with E-state index in [0.29, 0.717) is 17.2 Å². The van der Waals surface area contributed by atoms with E-state index < -0.39 is 5.97 Å². The van der Waals surface area contributed by atoms with Gasteiger partial charge < -0.3 is 15.0 Å². The number of hydrogen-bond acceptors (Lipinski definition) is 4. The van der Waals surface area contributed by atoms with E-state index >= 15 is 0 Å². The average Bonchev–Trinajstić information content (AvgIpc) is 2.59. The van der Waals surface area contributed by atoms with E-state index in [-0.39, 0.29) is 24.5 Å². The van der Waals surface area contributed by atoms with Crippen molar-refractivity contribution in [3.63, 3.8) is 0 Å². The van der Waals surface area contributed by atoms with E-state index in [0.717, 1.165) is 25.7 Å². The summed E-state index contributed by atoms with van der Waals surface area (Å²) in [6.07, 6.45) is 4.24. The predicted molar refractivity (Wildman–Crippen MR) is 95.2 cm³/mol. The molecule has 2 rings (SSSR count). The Morgan fingerprint density at radius 2 is 1.88 bits per heavy atom. The van der Waals surface area contributed by atoms with Crippen LogP contribution in [0.1, 0.15) is 49.9 Å². The minimum Gasteiger partial charge on any atom is -0.452 e. The van der Waals surface area contributed by atoms with Gasteiger partial charge in [-0.15, -0.1) is 0 Å². The van der Waals surface area contributed by atoms with Gasteiger partial charge in [0.25, 0.3) is 5.91 Å². The van der Waals surface area contributed by atoms with Crippen molar-refractivity contribution >= 4 is 23.5 Å². The number of nitrogens with zero attached hydrogens (tertiary/aromatic N) is 1. The van der Waals surface area contributed by atoms with Crippen LogP contribution in [0.15, 0.2) is 24.3 Å². The number of ether oxygens (including phenoxy) is 1. The molecule has 0 saturated heterocycles. The molecule has 1 aromatic carbocycles. The van der Waals surface area contributed by atoms with E-state index in [4.69, 9.17) is 4.74 Å². The highest BCUT2D eigenvalue weighted by molar-refractivity contribution is 5.94. The van der Waals surface area contributed by atoms with Gasteiger partial charge in [0.05, 0.1) is 5.56 Å². The number of benzene rings is 1. The maximum Gasteiger partial charge on any atom is 0.338 e. The van der Waals surface area contributed by atoms with Gasteiger partial charge in [-0.1, -0.05) is 13.0 Å². The number of likely N-dealkylation sites (N-methyl/N-ethyl adjacent to an activating group) is 1. The molecule has 1 aliphatic carbocycles. The molecule has 0 bridgehead atoms. The van der Waals surface area contributed by atoms with Crippen molar-refractivity contribution in [2.75, 3.05) is 19.0 Å². The maximum absolute atomic E-state index is 12.3. The van der Waals surface area contributed by atoms with Crippen LogP contribution in [-0.2, 0) is 14.3 Å². The Kier molecular flexibility index (Phi) is 6.56. The van der Waals surface area contributed by atoms with Gasteiger partial charge in [-0.2, -0.15) is 0 Å². The van der Waals surface area contributed by atoms with E-state index in [9.17, 15) is 14.4 Å². The molecular weight excluding hydrogens is 320 g/mol. The van der Waals surface area contributed by atoms with Gasteiger partial charge >= 0.3 is 5.97 Å². The second-order valence-electron chi connectivity index (χ2n) is 6.76. The van der Waals surface area contributed by atoms with Crippen molar-refractivity contribution in [2.45, 2.75) is 45.6 Å². The number of nitrogens with one attached hydrogen (secondary N) is 1. The Morgan fingerprint density at radius 1 is 1.20 bits per heavy atom. The van der Waals surface area contributed by atoms with Crippen molar-refractivity contribution in [1.29, 1.82) is 0 Å². The number of esters is 1. The monoisotopic (exact) mass is 346 g/mol. The lowest BCUT2D eigenvalue weighted by molar-refractivity contribution is -0.136. The zero-order chi connectivity index (χ0) is 18.4. The van der Waals surface area contributed by atoms with Crippen LogP contribution < -0.4 is 5.32 Å². The van der Waals surface area contributed by atoms with E-state index in [1.807, 2.05) is 0 Å². The van der Waals surface area contributed by atoms with Crippen LogP contribution in [0.3, 0.4) is 0 Å². The molecule has 0 heterocycles. The lowest BCUT2D eigenvalue weighted by Crippen LogP contribution is -2.41. The SMILES string of the molecule is CC(=O)Nc1cccc(C(=O)OCC(=O)N(C)C2CCC(C)CC2)c1. The van der Waals surface area contributed by atoms with Gasteiger partial charge in [-0.3, -0.25) is 9.59 Å². The molecule has 1 N–H and O–H groups in total. The van der Waals surface area contributed by atoms with Crippen LogP contribution in [0.5, 0.6) is 0 Å². The zero-order valence-electron chi connectivity index (χ0n) is 15.1. The summed E-state index contributed by atoms with van der Waals surface area (Å²) >= 11 is 0. The topological polar surface area (TPSA) is 75.7 Å². The van der Waals surface area contributed by atoms with Gasteiger partial charge in [-0.25, -0.2) is 4.79 Å². The predicted octanol–water partition coefficient (Wildman–Crippen LogP) is 2.84. The number of amides is 2. The van der Waals surface area contributed by atoms with Crippen LogP contribution in [0.4, 0.5) is 5.69 Å². The number of carbonyl (C=O) groups is 3. The molecule has 1 saturated carbocycles. The zero-order valence-corrected chi connectivity index (χ0v) is 15.1. The fourth-order valence-corrected chi connectivity index (χ4v) is 3.07. The number of hydrogen-bond donors (Lipinski definition) is 1. The number of rotatable bonds is 5. The van der Waals surface area contributed by atoms with Crippen LogP contribution >= 0.6 is 0 Å². The highest BCUT2D eigenvalue weighted by Crippen LogP contribution is 2.26. The second kappa shape index (κ2) is 8.65. The number of carbonyl (C=O) groups excluding carboxylic acids is 3. The van der Waals surface area contributed by atoms with Gasteiger partial charge in [0.1, 0.15) is 0 Å². The van der Waals surface area contributed by atoms with Gasteiger partial charge in [-0.05, 0) is 49.8 Å². The first-order chi connectivity index (χ1) is 11.9. The fourth-order valence-electron chi connectivity index (χ4n) is 3.07. The summed E-state index contributed by atoms with van der Waals surface area (Å²) in [5, 5.41) is 2.61. The Balaban J connectivity index is 1.86. The standard InChI is InChI=1S/C19H26N2O4/c1-13-7-9-17(10-8-13)21(3)18(23)12-25-19(24)15-5-4-6-16(11-15)20-14(2)22/h4-6,11,13,17H,7-10,12H2,1-3H3,(H,20,22). The molecule has 0 aliphatic heterocycles. The molecule has 0 spiro atoms. The molecular formula is C19H26N2O4. The second-order valence-corrected chi connectivity index (χ2v) is 6.76. The molecule has 2 amide bonds. The Bertz CT molecular complexity index is 636. The summed E-state index contributed by atoms with van der Waals surface area (Å²) in [7, 11) is 1.77. The van der Waals surface area contributed by atoms with E-state index in [2.05, 4.69) is 12.2 Å². The first kappa shape index (κ1) is 19.0. The molecule has 136 valence electrons. The third-order valence-corrected chi connectivity index (χ3v) is 4.67. The Labute approximate surface area is 148 Å². The van der Waals surface area contributed by atoms with E-state index in [1.165, 1.54) is 13.0 Å². The fraction of sp³-hybridized carbons (Fsp3) is 0.526. The van der Waals surface area contributed by atoms with Crippen molar-refractivity contribution in [3.8, 4) is 0 Å². The van der Waals surface area contributed by atoms with E-state index in [1.54, 1.807) is 30.1 Å². The summed E-state index contributed by atoms with van der Waals surface area (Å²) in [4.78, 5) is 37.2. The highest BCUT2D eigenvalue weighted by Gasteiger charge is 2.25. The molecule has 1 aliphatic rings. The Hall–Kier alpha value is -2.37. The largest absolute Gasteiger partial charge is 0.452 e. The van der Waals surface area contributed by atoms with Gasteiger partial charge in [0.15, 0.2) is 6.61 Å². The van der Waals surface area contributed by atoms with Crippen LogP contribution in [0, 0.1) is 5.92 Å². The summed E-state index contributed by atoms with van der Waals surface area (Å²) in [5.74, 6) is -0.269. The first-order valence-electron chi connectivity index (χ1n) is 8.67. The quantitative estimate of drug-likeness (QED) is 0.832. The molecule has 0 unspecified atom stereocenters. The van der Waals surface area contributed by atoms with Crippen molar-refractivity contribution < 1.29 is 19.1 Å². The maximum atomic E-state index is 12.3. The molecule has 1 fully saturated rings. The lowest BCUT2D eigenvalue weighted by Gasteiger charge is -2.33. The third kappa shape index (κ3) is 5.59. The first-order valence-corrected chi connectivity index (χ1v) is 8.67. The molecule has 6 nitrogen and oxygen atoms in total. The van der Waals surface area contributed by atoms with Crippen molar-refractivity contribution in [1.82, 2.24) is 4.90 Å². The molecule has 0 aromatic heterocycles. The van der Waals surface area contributed by atoms with Crippen molar-refractivity contribution in [3.05, 3.63) is 29.8 Å². The highest BCUT2D eigenvalue weighted by atomic mass is 16.5. The molecule has 25 heavy (non-hydrogen) atoms. The summed E-state index contributed by atoms with van der Waals surface area (Å²) < 4.78 is 5.14. The summed E-state index contributed by atoms with van der Waals surface area (Å²) in [6.45, 7) is 3.35. The normalized spacial score (nSPS) is 19.8. The minimum atomic E-state index is -0.578. The van der Waals surface area contributed by atoms with Crippen LogP contribution in [0.2, 0.25) is 0 Å². The van der Waals surface area contributed by atoms with Crippen LogP contribution in [0.25, 0.3) is 0 Å². The molecule has 1 aromatic rings. The van der Waals surface area contributed by atoms with Crippen LogP contribution in [-0.4, -0.2) is 42.4 Å². The van der Waals surface area contributed by atoms with Crippen molar-refractivity contribution in [2.24, 2.45) is 5.92 Å². The van der Waals surface area contributed by atoms with Gasteiger partial charge in [0, 0.05) is 25.7 Å². The smallest absolute Gasteiger partial charge is 0.338 e. The molecule has 6 heteroatoms. The molecule has 0 radical (unpaired) electrons. The third-order valence-electron chi connectivity index (χ3n) is 4.67. The summed E-state index contributed by atoms with van der Waals surface area (Å²) in [5.41, 5.74) is 0.815. The number of anilines is 1. The summed E-state index contributed by atoms with van der Waals surface area (Å²) in [6, 6.07) is 6.68. The molecule has 0 atom stereocenters. The Morgan fingerprint density at radius 3 is 2.52 bits per heavy atom.